The van der Waals surface area contributed by atoms with Gasteiger partial charge in [0.15, 0.2) is 0 Å². The van der Waals surface area contributed by atoms with Crippen LogP contribution in [-0.2, 0) is 28.6 Å². The van der Waals surface area contributed by atoms with E-state index in [0.717, 1.165) is 17.6 Å². The summed E-state index contributed by atoms with van der Waals surface area (Å²) in [6, 6.07) is 0. The van der Waals surface area contributed by atoms with Gasteiger partial charge in [-0.3, -0.25) is 9.59 Å². The third-order valence-corrected chi connectivity index (χ3v) is 6.38. The summed E-state index contributed by atoms with van der Waals surface area (Å²) in [4.78, 5) is 36.7. The molecule has 1 aliphatic heterocycles. The summed E-state index contributed by atoms with van der Waals surface area (Å²) in [6.07, 6.45) is 0.783. The van der Waals surface area contributed by atoms with Gasteiger partial charge < -0.3 is 14.2 Å². The molecule has 2 aliphatic carbocycles. The molecule has 5 atom stereocenters. The molecule has 6 nitrogen and oxygen atoms in total. The smallest absolute Gasteiger partial charge is 0.334 e. The van der Waals surface area contributed by atoms with Crippen molar-refractivity contribution >= 4 is 17.9 Å². The van der Waals surface area contributed by atoms with Crippen molar-refractivity contribution in [3.63, 3.8) is 0 Å². The molecule has 2 fully saturated rings. The first-order valence-corrected chi connectivity index (χ1v) is 10.0. The molecule has 1 heterocycles. The fourth-order valence-corrected chi connectivity index (χ4v) is 5.16. The van der Waals surface area contributed by atoms with E-state index >= 15 is 0 Å². The second-order valence-electron chi connectivity index (χ2n) is 8.89. The van der Waals surface area contributed by atoms with Crippen molar-refractivity contribution in [3.8, 4) is 0 Å². The normalized spacial score (nSPS) is 34.6. The molecule has 6 heteroatoms. The maximum absolute atomic E-state index is 12.7. The van der Waals surface area contributed by atoms with Crippen LogP contribution < -0.4 is 0 Å². The minimum absolute atomic E-state index is 0.149. The van der Waals surface area contributed by atoms with Gasteiger partial charge in [-0.25, -0.2) is 4.79 Å². The zero-order chi connectivity index (χ0) is 20.8. The van der Waals surface area contributed by atoms with Crippen LogP contribution in [0, 0.1) is 17.3 Å². The Morgan fingerprint density at radius 2 is 2.00 bits per heavy atom. The zero-order valence-corrected chi connectivity index (χ0v) is 17.4. The standard InChI is InChI=1S/C22H30O6/c1-11(2)9-18(24)28-20-19-13(4)21(25)27-16(19)10-12(3)15-7-8-17(22(15,20)6)26-14(5)23/h11,16-17,19-20H,4,7-10H2,1-3,5-6H3. The van der Waals surface area contributed by atoms with Crippen molar-refractivity contribution in [2.45, 2.75) is 78.6 Å². The Hall–Kier alpha value is -2.11. The van der Waals surface area contributed by atoms with Gasteiger partial charge in [0.2, 0.25) is 0 Å². The molecule has 3 aliphatic rings. The molecule has 0 aromatic rings. The van der Waals surface area contributed by atoms with Crippen LogP contribution in [0.5, 0.6) is 0 Å². The first kappa shape index (κ1) is 20.6. The number of fused-ring (bicyclic) bond motifs is 2. The molecule has 1 saturated heterocycles. The number of esters is 3. The Morgan fingerprint density at radius 1 is 1.32 bits per heavy atom. The second kappa shape index (κ2) is 7.37. The van der Waals surface area contributed by atoms with Crippen molar-refractivity contribution in [1.29, 1.82) is 0 Å². The van der Waals surface area contributed by atoms with E-state index < -0.39 is 35.6 Å². The summed E-state index contributed by atoms with van der Waals surface area (Å²) in [5, 5.41) is 0. The van der Waals surface area contributed by atoms with Gasteiger partial charge in [0.05, 0.1) is 11.3 Å². The molecule has 0 N–H and O–H groups in total. The Bertz CT molecular complexity index is 748. The summed E-state index contributed by atoms with van der Waals surface area (Å²) in [6.45, 7) is 13.2. The van der Waals surface area contributed by atoms with Crippen molar-refractivity contribution in [2.24, 2.45) is 17.3 Å². The Kier molecular flexibility index (Phi) is 5.43. The number of ether oxygens (including phenoxy) is 3. The molecule has 0 bridgehead atoms. The molecule has 0 aromatic heterocycles. The van der Waals surface area contributed by atoms with E-state index in [9.17, 15) is 14.4 Å². The number of carbonyl (C=O) groups is 3. The molecule has 0 radical (unpaired) electrons. The number of hydrogen-bond donors (Lipinski definition) is 0. The Morgan fingerprint density at radius 3 is 2.61 bits per heavy atom. The lowest BCUT2D eigenvalue weighted by Crippen LogP contribution is -2.49. The first-order valence-electron chi connectivity index (χ1n) is 10.0. The molecule has 0 spiro atoms. The van der Waals surface area contributed by atoms with E-state index in [2.05, 4.69) is 6.58 Å². The maximum Gasteiger partial charge on any atom is 0.334 e. The summed E-state index contributed by atoms with van der Waals surface area (Å²) in [5.41, 5.74) is 1.87. The fraction of sp³-hybridized carbons (Fsp3) is 0.682. The number of carbonyl (C=O) groups excluding carboxylic acids is 3. The van der Waals surface area contributed by atoms with E-state index in [1.807, 2.05) is 27.7 Å². The summed E-state index contributed by atoms with van der Waals surface area (Å²) in [7, 11) is 0. The van der Waals surface area contributed by atoms with E-state index in [1.165, 1.54) is 6.92 Å². The van der Waals surface area contributed by atoms with Crippen molar-refractivity contribution in [1.82, 2.24) is 0 Å². The van der Waals surface area contributed by atoms with Crippen LogP contribution in [0.3, 0.4) is 0 Å². The predicted octanol–water partition coefficient (Wildman–Crippen LogP) is 3.49. The minimum Gasteiger partial charge on any atom is -0.461 e. The lowest BCUT2D eigenvalue weighted by atomic mass is 9.71. The number of rotatable bonds is 4. The van der Waals surface area contributed by atoms with Gasteiger partial charge in [0.25, 0.3) is 0 Å². The van der Waals surface area contributed by atoms with E-state index in [-0.39, 0.29) is 24.3 Å². The van der Waals surface area contributed by atoms with Crippen LogP contribution in [0.4, 0.5) is 0 Å². The van der Waals surface area contributed by atoms with Gasteiger partial charge in [-0.1, -0.05) is 31.6 Å². The van der Waals surface area contributed by atoms with Crippen LogP contribution in [0.1, 0.15) is 60.3 Å². The lowest BCUT2D eigenvalue weighted by molar-refractivity contribution is -0.171. The summed E-state index contributed by atoms with van der Waals surface area (Å²) >= 11 is 0. The van der Waals surface area contributed by atoms with Crippen LogP contribution >= 0.6 is 0 Å². The topological polar surface area (TPSA) is 78.9 Å². The second-order valence-corrected chi connectivity index (χ2v) is 8.89. The Labute approximate surface area is 166 Å². The van der Waals surface area contributed by atoms with Gasteiger partial charge in [-0.15, -0.1) is 0 Å². The van der Waals surface area contributed by atoms with Crippen LogP contribution in [0.25, 0.3) is 0 Å². The molecular formula is C22H30O6. The van der Waals surface area contributed by atoms with Gasteiger partial charge in [0.1, 0.15) is 18.3 Å². The molecule has 3 rings (SSSR count). The van der Waals surface area contributed by atoms with E-state index in [1.54, 1.807) is 0 Å². The molecule has 1 saturated carbocycles. The van der Waals surface area contributed by atoms with Gasteiger partial charge in [-0.05, 0) is 32.6 Å². The van der Waals surface area contributed by atoms with E-state index in [0.29, 0.717) is 18.4 Å². The van der Waals surface area contributed by atoms with Crippen LogP contribution in [0.15, 0.2) is 23.3 Å². The zero-order valence-electron chi connectivity index (χ0n) is 17.4. The quantitative estimate of drug-likeness (QED) is 0.316. The predicted molar refractivity (Wildman–Crippen MR) is 102 cm³/mol. The summed E-state index contributed by atoms with van der Waals surface area (Å²) < 4.78 is 17.3. The molecule has 5 unspecified atom stereocenters. The summed E-state index contributed by atoms with van der Waals surface area (Å²) in [5.74, 6) is -1.43. The average Bonchev–Trinajstić information content (AvgIpc) is 3.00. The van der Waals surface area contributed by atoms with E-state index in [4.69, 9.17) is 14.2 Å². The van der Waals surface area contributed by atoms with Crippen LogP contribution in [-0.4, -0.2) is 36.2 Å². The van der Waals surface area contributed by atoms with Crippen LogP contribution in [0.2, 0.25) is 0 Å². The van der Waals surface area contributed by atoms with Gasteiger partial charge in [-0.2, -0.15) is 0 Å². The van der Waals surface area contributed by atoms with Crippen molar-refractivity contribution in [3.05, 3.63) is 23.3 Å². The lowest BCUT2D eigenvalue weighted by Gasteiger charge is -2.41. The number of hydrogen-bond acceptors (Lipinski definition) is 6. The van der Waals surface area contributed by atoms with Crippen molar-refractivity contribution < 1.29 is 28.6 Å². The van der Waals surface area contributed by atoms with Gasteiger partial charge >= 0.3 is 17.9 Å². The monoisotopic (exact) mass is 390 g/mol. The van der Waals surface area contributed by atoms with Crippen molar-refractivity contribution in [2.75, 3.05) is 0 Å². The maximum atomic E-state index is 12.7. The highest BCUT2D eigenvalue weighted by atomic mass is 16.6. The Balaban J connectivity index is 2.08. The first-order chi connectivity index (χ1) is 13.1. The highest BCUT2D eigenvalue weighted by Crippen LogP contribution is 2.56. The van der Waals surface area contributed by atoms with Gasteiger partial charge in [0, 0.05) is 25.3 Å². The molecular weight excluding hydrogens is 360 g/mol. The molecule has 0 aromatic carbocycles. The molecule has 28 heavy (non-hydrogen) atoms. The molecule has 0 amide bonds. The highest BCUT2D eigenvalue weighted by Gasteiger charge is 2.61. The highest BCUT2D eigenvalue weighted by molar-refractivity contribution is 5.91. The molecule has 154 valence electrons. The minimum atomic E-state index is -0.710. The third-order valence-electron chi connectivity index (χ3n) is 6.38. The fourth-order valence-electron chi connectivity index (χ4n) is 5.16. The third kappa shape index (κ3) is 3.38. The average molecular weight is 390 g/mol. The SMILES string of the molecule is C=C1C(=O)OC2CC(C)=C3CCC(OC(C)=O)C3(C)C(OC(=O)CC(C)C)C12. The largest absolute Gasteiger partial charge is 0.461 e.